The number of rotatable bonds is 8. The van der Waals surface area contributed by atoms with Gasteiger partial charge in [0, 0.05) is 27.4 Å². The first-order valence-electron chi connectivity index (χ1n) is 10.0. The Morgan fingerprint density at radius 3 is 2.44 bits per heavy atom. The first-order chi connectivity index (χ1) is 16.5. The summed E-state index contributed by atoms with van der Waals surface area (Å²) < 4.78 is 1.86. The van der Waals surface area contributed by atoms with Crippen LogP contribution in [0.5, 0.6) is 0 Å². The molecule has 1 aromatic heterocycles. The summed E-state index contributed by atoms with van der Waals surface area (Å²) in [6.07, 6.45) is 1.26. The lowest BCUT2D eigenvalue weighted by Crippen LogP contribution is -2.24. The van der Waals surface area contributed by atoms with Crippen molar-refractivity contribution in [3.8, 4) is 17.1 Å². The van der Waals surface area contributed by atoms with Crippen LogP contribution in [0.4, 0.5) is 0 Å². The molecule has 34 heavy (non-hydrogen) atoms. The van der Waals surface area contributed by atoms with E-state index < -0.39 is 5.97 Å². The number of hydrogen-bond acceptors (Lipinski definition) is 7. The zero-order valence-electron chi connectivity index (χ0n) is 17.6. The van der Waals surface area contributed by atoms with Crippen molar-refractivity contribution >= 4 is 41.5 Å². The first kappa shape index (κ1) is 23.2. The first-order valence-corrected chi connectivity index (χ1v) is 11.4. The molecule has 0 fully saturated rings. The molecule has 1 N–H and O–H groups in total. The number of amides is 1. The van der Waals surface area contributed by atoms with Gasteiger partial charge in [-0.2, -0.15) is 5.10 Å². The monoisotopic (exact) mass is 490 g/mol. The molecule has 0 saturated heterocycles. The van der Waals surface area contributed by atoms with Crippen molar-refractivity contribution in [1.82, 2.24) is 20.2 Å². The Labute approximate surface area is 204 Å². The van der Waals surface area contributed by atoms with Crippen LogP contribution < -0.4 is 10.5 Å². The molecule has 0 spiro atoms. The van der Waals surface area contributed by atoms with Crippen molar-refractivity contribution in [2.24, 2.45) is 5.10 Å². The Hall–Kier alpha value is -3.95. The number of carbonyl (C=O) groups is 2. The van der Waals surface area contributed by atoms with Gasteiger partial charge in [-0.05, 0) is 36.4 Å². The Kier molecular flexibility index (Phi) is 7.36. The molecule has 3 aromatic carbocycles. The van der Waals surface area contributed by atoms with Crippen molar-refractivity contribution in [1.29, 1.82) is 0 Å². The molecule has 0 atom stereocenters. The van der Waals surface area contributed by atoms with E-state index in [-0.39, 0.29) is 17.2 Å². The SMILES string of the molecule is O=C(CSc1nnc(-c2ccc(Cl)cc2)n1-c1ccccc1)N/N=C\c1ccccc1C(=O)[O-]. The highest BCUT2D eigenvalue weighted by Crippen LogP contribution is 2.28. The molecule has 1 heterocycles. The van der Waals surface area contributed by atoms with Crippen LogP contribution in [-0.4, -0.2) is 38.6 Å². The number of thioether (sulfide) groups is 1. The maximum atomic E-state index is 12.3. The highest BCUT2D eigenvalue weighted by Gasteiger charge is 2.17. The molecule has 0 radical (unpaired) electrons. The number of nitrogens with zero attached hydrogens (tertiary/aromatic N) is 4. The van der Waals surface area contributed by atoms with Gasteiger partial charge in [0.1, 0.15) is 0 Å². The van der Waals surface area contributed by atoms with Gasteiger partial charge in [0.15, 0.2) is 11.0 Å². The topological polar surface area (TPSA) is 112 Å². The van der Waals surface area contributed by atoms with E-state index in [1.807, 2.05) is 47.0 Å². The normalized spacial score (nSPS) is 11.0. The second-order valence-corrected chi connectivity index (χ2v) is 8.32. The predicted octanol–water partition coefficient (Wildman–Crippen LogP) is 3.19. The van der Waals surface area contributed by atoms with E-state index in [9.17, 15) is 14.7 Å². The van der Waals surface area contributed by atoms with E-state index >= 15 is 0 Å². The second-order valence-electron chi connectivity index (χ2n) is 6.94. The number of halogens is 1. The van der Waals surface area contributed by atoms with Crippen molar-refractivity contribution < 1.29 is 14.7 Å². The van der Waals surface area contributed by atoms with E-state index in [1.165, 1.54) is 24.0 Å². The molecular weight excluding hydrogens is 474 g/mol. The summed E-state index contributed by atoms with van der Waals surface area (Å²) in [6.45, 7) is 0. The van der Waals surface area contributed by atoms with E-state index in [0.29, 0.717) is 21.6 Å². The van der Waals surface area contributed by atoms with Gasteiger partial charge in [0.2, 0.25) is 0 Å². The number of carboxylic acids is 1. The van der Waals surface area contributed by atoms with Crippen LogP contribution in [0.25, 0.3) is 17.1 Å². The molecule has 170 valence electrons. The summed E-state index contributed by atoms with van der Waals surface area (Å²) in [5, 5.41) is 24.8. The molecule has 0 unspecified atom stereocenters. The molecular formula is C24H17ClN5O3S-. The molecule has 1 amide bonds. The molecule has 0 bridgehead atoms. The van der Waals surface area contributed by atoms with E-state index in [1.54, 1.807) is 30.3 Å². The van der Waals surface area contributed by atoms with Gasteiger partial charge >= 0.3 is 0 Å². The number of aromatic nitrogens is 3. The standard InChI is InChI=1S/C24H18ClN5O3S/c25-18-12-10-16(11-13-18)22-28-29-24(30(22)19-7-2-1-3-8-19)34-15-21(31)27-26-14-17-6-4-5-9-20(17)23(32)33/h1-14H,15H2,(H,27,31)(H,32,33)/p-1/b26-14-. The maximum absolute atomic E-state index is 12.3. The van der Waals surface area contributed by atoms with Gasteiger partial charge in [0.25, 0.3) is 5.91 Å². The number of carboxylic acid groups (broad SMARTS) is 1. The number of hydrazone groups is 1. The summed E-state index contributed by atoms with van der Waals surface area (Å²) in [7, 11) is 0. The van der Waals surface area contributed by atoms with Gasteiger partial charge in [-0.1, -0.05) is 65.8 Å². The van der Waals surface area contributed by atoms with Crippen LogP contribution >= 0.6 is 23.4 Å². The average molecular weight is 491 g/mol. The fourth-order valence-corrected chi connectivity index (χ4v) is 3.96. The van der Waals surface area contributed by atoms with E-state index in [2.05, 4.69) is 20.7 Å². The van der Waals surface area contributed by atoms with Gasteiger partial charge in [-0.15, -0.1) is 10.2 Å². The van der Waals surface area contributed by atoms with Crippen LogP contribution in [0.2, 0.25) is 5.02 Å². The lowest BCUT2D eigenvalue weighted by Gasteiger charge is -2.10. The zero-order chi connectivity index (χ0) is 23.9. The van der Waals surface area contributed by atoms with Crippen molar-refractivity contribution in [3.63, 3.8) is 0 Å². The number of benzene rings is 3. The highest BCUT2D eigenvalue weighted by molar-refractivity contribution is 7.99. The Balaban J connectivity index is 1.49. The summed E-state index contributed by atoms with van der Waals surface area (Å²) in [4.78, 5) is 23.5. The van der Waals surface area contributed by atoms with Crippen molar-refractivity contribution in [3.05, 3.63) is 95.0 Å². The molecule has 4 aromatic rings. The average Bonchev–Trinajstić information content (AvgIpc) is 3.28. The third-order valence-electron chi connectivity index (χ3n) is 4.66. The van der Waals surface area contributed by atoms with Gasteiger partial charge < -0.3 is 9.90 Å². The van der Waals surface area contributed by atoms with Crippen LogP contribution in [0, 0.1) is 0 Å². The fourth-order valence-electron chi connectivity index (χ4n) is 3.09. The third-order valence-corrected chi connectivity index (χ3v) is 5.84. The number of aromatic carboxylic acids is 1. The number of carbonyl (C=O) groups excluding carboxylic acids is 2. The Morgan fingerprint density at radius 1 is 1.00 bits per heavy atom. The quantitative estimate of drug-likeness (QED) is 0.230. The van der Waals surface area contributed by atoms with Crippen LogP contribution in [0.1, 0.15) is 15.9 Å². The number of para-hydroxylation sites is 1. The summed E-state index contributed by atoms with van der Waals surface area (Å²) in [5.74, 6) is -1.07. The minimum atomic E-state index is -1.32. The molecule has 4 rings (SSSR count). The maximum Gasteiger partial charge on any atom is 0.250 e. The predicted molar refractivity (Wildman–Crippen MR) is 129 cm³/mol. The Bertz CT molecular complexity index is 1340. The molecule has 0 saturated carbocycles. The largest absolute Gasteiger partial charge is 0.545 e. The molecule has 10 heteroatoms. The lowest BCUT2D eigenvalue weighted by molar-refractivity contribution is -0.255. The smallest absolute Gasteiger partial charge is 0.250 e. The number of nitrogens with one attached hydrogen (secondary N) is 1. The van der Waals surface area contributed by atoms with E-state index in [4.69, 9.17) is 11.6 Å². The highest BCUT2D eigenvalue weighted by atomic mass is 35.5. The second kappa shape index (κ2) is 10.8. The van der Waals surface area contributed by atoms with Crippen LogP contribution in [0.15, 0.2) is 89.1 Å². The van der Waals surface area contributed by atoms with Crippen LogP contribution in [-0.2, 0) is 4.79 Å². The van der Waals surface area contributed by atoms with E-state index in [0.717, 1.165) is 11.3 Å². The number of hydrogen-bond donors (Lipinski definition) is 1. The molecule has 8 nitrogen and oxygen atoms in total. The minimum absolute atomic E-state index is 0.0134. The fraction of sp³-hybridized carbons (Fsp3) is 0.0417. The molecule has 0 aliphatic carbocycles. The zero-order valence-corrected chi connectivity index (χ0v) is 19.2. The van der Waals surface area contributed by atoms with Crippen molar-refractivity contribution in [2.75, 3.05) is 5.75 Å². The Morgan fingerprint density at radius 2 is 1.71 bits per heavy atom. The van der Waals surface area contributed by atoms with Crippen LogP contribution in [0.3, 0.4) is 0 Å². The lowest BCUT2D eigenvalue weighted by atomic mass is 10.1. The minimum Gasteiger partial charge on any atom is -0.545 e. The van der Waals surface area contributed by atoms with Crippen molar-refractivity contribution in [2.45, 2.75) is 5.16 Å². The van der Waals surface area contributed by atoms with Gasteiger partial charge in [-0.3, -0.25) is 9.36 Å². The molecule has 0 aliphatic heterocycles. The summed E-state index contributed by atoms with van der Waals surface area (Å²) in [6, 6.07) is 23.0. The molecule has 0 aliphatic rings. The third kappa shape index (κ3) is 5.51. The summed E-state index contributed by atoms with van der Waals surface area (Å²) >= 11 is 7.21. The van der Waals surface area contributed by atoms with Gasteiger partial charge in [0.05, 0.1) is 17.9 Å². The summed E-state index contributed by atoms with van der Waals surface area (Å²) in [5.41, 5.74) is 4.38. The van der Waals surface area contributed by atoms with Gasteiger partial charge in [-0.25, -0.2) is 5.43 Å².